The minimum Gasteiger partial charge on any atom is -0.477 e. The van der Waals surface area contributed by atoms with Crippen molar-refractivity contribution < 1.29 is 19.1 Å². The van der Waals surface area contributed by atoms with E-state index in [0.29, 0.717) is 27.9 Å². The van der Waals surface area contributed by atoms with Crippen LogP contribution in [0.25, 0.3) is 6.08 Å². The molecule has 162 valence electrons. The standard InChI is InChI=1S/C24H20BrN3O4/c1-3-5-17-12-16(14-20(25)21(17)32-11-10-26)13-19-22(29)27-24(31)28(23(19)30)18-8-6-15(4-2)7-9-18/h3,6-9,12-14H,1,4-5,11H2,2H3,(H,27,29,31)/b19-13-. The number of anilines is 1. The minimum atomic E-state index is -0.796. The molecule has 8 heteroatoms. The van der Waals surface area contributed by atoms with Gasteiger partial charge in [-0.3, -0.25) is 14.9 Å². The van der Waals surface area contributed by atoms with Crippen LogP contribution in [-0.4, -0.2) is 24.5 Å². The molecular weight excluding hydrogens is 474 g/mol. The maximum absolute atomic E-state index is 13.1. The summed E-state index contributed by atoms with van der Waals surface area (Å²) in [5.74, 6) is -0.998. The van der Waals surface area contributed by atoms with Gasteiger partial charge in [-0.05, 0) is 75.8 Å². The van der Waals surface area contributed by atoms with Crippen LogP contribution in [-0.2, 0) is 22.4 Å². The maximum atomic E-state index is 13.1. The van der Waals surface area contributed by atoms with Crippen LogP contribution in [0.3, 0.4) is 0 Å². The fraction of sp³-hybridized carbons (Fsp3) is 0.167. The number of allylic oxidation sites excluding steroid dienone is 1. The fourth-order valence-corrected chi connectivity index (χ4v) is 3.90. The molecule has 0 aliphatic carbocycles. The molecule has 1 heterocycles. The molecule has 1 saturated heterocycles. The number of benzene rings is 2. The molecule has 32 heavy (non-hydrogen) atoms. The van der Waals surface area contributed by atoms with Gasteiger partial charge in [0, 0.05) is 0 Å². The monoisotopic (exact) mass is 493 g/mol. The summed E-state index contributed by atoms with van der Waals surface area (Å²) in [4.78, 5) is 38.9. The summed E-state index contributed by atoms with van der Waals surface area (Å²) in [6.07, 6.45) is 4.37. The predicted octanol–water partition coefficient (Wildman–Crippen LogP) is 4.31. The van der Waals surface area contributed by atoms with Crippen LogP contribution < -0.4 is 15.0 Å². The number of imide groups is 2. The first-order valence-electron chi connectivity index (χ1n) is 9.83. The van der Waals surface area contributed by atoms with Crippen molar-refractivity contribution in [3.63, 3.8) is 0 Å². The Hall–Kier alpha value is -3.70. The molecule has 1 aliphatic heterocycles. The lowest BCUT2D eigenvalue weighted by Crippen LogP contribution is -2.54. The molecule has 2 aromatic carbocycles. The smallest absolute Gasteiger partial charge is 0.335 e. The van der Waals surface area contributed by atoms with Gasteiger partial charge in [-0.2, -0.15) is 5.26 Å². The third-order valence-electron chi connectivity index (χ3n) is 4.80. The summed E-state index contributed by atoms with van der Waals surface area (Å²) in [6.45, 7) is 5.60. The molecule has 1 fully saturated rings. The SMILES string of the molecule is C=CCc1cc(/C=C2/C(=O)NC(=O)N(c3ccc(CC)cc3)C2=O)cc(Br)c1OCC#N. The van der Waals surface area contributed by atoms with E-state index in [-0.39, 0.29) is 12.2 Å². The van der Waals surface area contributed by atoms with E-state index >= 15 is 0 Å². The Balaban J connectivity index is 2.01. The number of amides is 4. The first-order chi connectivity index (χ1) is 15.4. The maximum Gasteiger partial charge on any atom is 0.335 e. The van der Waals surface area contributed by atoms with E-state index in [1.165, 1.54) is 6.08 Å². The molecule has 3 rings (SSSR count). The fourth-order valence-electron chi connectivity index (χ4n) is 3.27. The van der Waals surface area contributed by atoms with E-state index in [4.69, 9.17) is 10.00 Å². The molecule has 0 bridgehead atoms. The van der Waals surface area contributed by atoms with E-state index in [2.05, 4.69) is 27.8 Å². The number of hydrogen-bond acceptors (Lipinski definition) is 5. The van der Waals surface area contributed by atoms with Crippen LogP contribution in [0.4, 0.5) is 10.5 Å². The van der Waals surface area contributed by atoms with Crippen molar-refractivity contribution in [3.05, 3.63) is 75.8 Å². The van der Waals surface area contributed by atoms with E-state index in [1.54, 1.807) is 30.3 Å². The Morgan fingerprint density at radius 3 is 2.56 bits per heavy atom. The Labute approximate surface area is 194 Å². The summed E-state index contributed by atoms with van der Waals surface area (Å²) < 4.78 is 6.05. The van der Waals surface area contributed by atoms with Gasteiger partial charge < -0.3 is 4.74 Å². The van der Waals surface area contributed by atoms with Crippen molar-refractivity contribution in [1.82, 2.24) is 5.32 Å². The average molecular weight is 494 g/mol. The van der Waals surface area contributed by atoms with Crippen molar-refractivity contribution in [1.29, 1.82) is 5.26 Å². The van der Waals surface area contributed by atoms with Crippen LogP contribution in [0.5, 0.6) is 5.75 Å². The highest BCUT2D eigenvalue weighted by Crippen LogP contribution is 2.33. The molecule has 1 N–H and O–H groups in total. The van der Waals surface area contributed by atoms with Gasteiger partial charge in [0.2, 0.25) is 0 Å². The highest BCUT2D eigenvalue weighted by molar-refractivity contribution is 9.10. The molecule has 0 radical (unpaired) electrons. The number of nitriles is 1. The van der Waals surface area contributed by atoms with Crippen molar-refractivity contribution in [2.75, 3.05) is 11.5 Å². The van der Waals surface area contributed by atoms with Gasteiger partial charge in [0.1, 0.15) is 17.4 Å². The molecule has 7 nitrogen and oxygen atoms in total. The van der Waals surface area contributed by atoms with Crippen molar-refractivity contribution in [2.24, 2.45) is 0 Å². The number of barbiturate groups is 1. The number of aryl methyl sites for hydroxylation is 1. The van der Waals surface area contributed by atoms with Crippen molar-refractivity contribution in [2.45, 2.75) is 19.8 Å². The van der Waals surface area contributed by atoms with E-state index in [1.807, 2.05) is 25.1 Å². The third kappa shape index (κ3) is 4.79. The molecule has 4 amide bonds. The zero-order valence-electron chi connectivity index (χ0n) is 17.4. The Morgan fingerprint density at radius 1 is 1.22 bits per heavy atom. The second-order valence-corrected chi connectivity index (χ2v) is 7.76. The summed E-state index contributed by atoms with van der Waals surface area (Å²) >= 11 is 3.42. The largest absolute Gasteiger partial charge is 0.477 e. The quantitative estimate of drug-likeness (QED) is 0.352. The number of carbonyl (C=O) groups is 3. The normalized spacial score (nSPS) is 14.8. The summed E-state index contributed by atoms with van der Waals surface area (Å²) in [5, 5.41) is 11.0. The lowest BCUT2D eigenvalue weighted by atomic mass is 10.0. The van der Waals surface area contributed by atoms with Gasteiger partial charge >= 0.3 is 6.03 Å². The van der Waals surface area contributed by atoms with Gasteiger partial charge in [-0.1, -0.05) is 25.1 Å². The minimum absolute atomic E-state index is 0.127. The van der Waals surface area contributed by atoms with Gasteiger partial charge in [0.05, 0.1) is 10.2 Å². The van der Waals surface area contributed by atoms with Crippen LogP contribution in [0, 0.1) is 11.3 Å². The number of nitrogens with zero attached hydrogens (tertiary/aromatic N) is 2. The zero-order valence-corrected chi connectivity index (χ0v) is 18.9. The number of carbonyl (C=O) groups excluding carboxylic acids is 3. The second-order valence-electron chi connectivity index (χ2n) is 6.91. The Bertz CT molecular complexity index is 1160. The van der Waals surface area contributed by atoms with E-state index in [0.717, 1.165) is 22.4 Å². The first-order valence-corrected chi connectivity index (χ1v) is 10.6. The van der Waals surface area contributed by atoms with Gasteiger partial charge in [-0.25, -0.2) is 9.69 Å². The first kappa shape index (κ1) is 23.0. The lowest BCUT2D eigenvalue weighted by Gasteiger charge is -2.26. The summed E-state index contributed by atoms with van der Waals surface area (Å²) in [6, 6.07) is 11.5. The number of rotatable bonds is 7. The van der Waals surface area contributed by atoms with Crippen LogP contribution in [0.15, 0.2) is 59.1 Å². The van der Waals surface area contributed by atoms with E-state index in [9.17, 15) is 14.4 Å². The molecular formula is C24H20BrN3O4. The topological polar surface area (TPSA) is 99.5 Å². The molecule has 0 spiro atoms. The molecule has 0 atom stereocenters. The summed E-state index contributed by atoms with van der Waals surface area (Å²) in [5.41, 5.74) is 2.53. The Morgan fingerprint density at radius 2 is 1.94 bits per heavy atom. The van der Waals surface area contributed by atoms with Crippen molar-refractivity contribution >= 4 is 45.5 Å². The van der Waals surface area contributed by atoms with E-state index < -0.39 is 17.8 Å². The summed E-state index contributed by atoms with van der Waals surface area (Å²) in [7, 11) is 0. The number of ether oxygens (including phenoxy) is 1. The van der Waals surface area contributed by atoms with Crippen molar-refractivity contribution in [3.8, 4) is 11.8 Å². The number of urea groups is 1. The van der Waals surface area contributed by atoms with Gasteiger partial charge in [0.15, 0.2) is 6.61 Å². The average Bonchev–Trinajstić information content (AvgIpc) is 2.76. The molecule has 0 saturated carbocycles. The number of nitrogens with one attached hydrogen (secondary N) is 1. The predicted molar refractivity (Wildman–Crippen MR) is 124 cm³/mol. The van der Waals surface area contributed by atoms with Crippen LogP contribution in [0.1, 0.15) is 23.6 Å². The van der Waals surface area contributed by atoms with Gasteiger partial charge in [0.25, 0.3) is 11.8 Å². The van der Waals surface area contributed by atoms with Gasteiger partial charge in [-0.15, -0.1) is 6.58 Å². The second kappa shape index (κ2) is 10.1. The Kier molecular flexibility index (Phi) is 7.23. The highest BCUT2D eigenvalue weighted by atomic mass is 79.9. The third-order valence-corrected chi connectivity index (χ3v) is 5.39. The zero-order chi connectivity index (χ0) is 23.3. The molecule has 2 aromatic rings. The van der Waals surface area contributed by atoms with Crippen LogP contribution >= 0.6 is 15.9 Å². The molecule has 0 aromatic heterocycles. The number of halogens is 1. The lowest BCUT2D eigenvalue weighted by molar-refractivity contribution is -0.122. The number of hydrogen-bond donors (Lipinski definition) is 1. The molecule has 1 aliphatic rings. The molecule has 0 unspecified atom stereocenters. The highest BCUT2D eigenvalue weighted by Gasteiger charge is 2.36. The van der Waals surface area contributed by atoms with Crippen LogP contribution in [0.2, 0.25) is 0 Å².